The second-order valence-corrected chi connectivity index (χ2v) is 5.41. The smallest absolute Gasteiger partial charge is 0.194 e. The highest BCUT2D eigenvalue weighted by Gasteiger charge is 2.20. The molecule has 7 heteroatoms. The summed E-state index contributed by atoms with van der Waals surface area (Å²) >= 11 is 0. The Kier molecular flexibility index (Phi) is 7.36. The number of hydrogen-bond acceptors (Lipinski definition) is 4. The van der Waals surface area contributed by atoms with Crippen molar-refractivity contribution in [3.8, 4) is 0 Å². The quantitative estimate of drug-likeness (QED) is 0.449. The van der Waals surface area contributed by atoms with Gasteiger partial charge in [-0.25, -0.2) is 9.98 Å². The molecule has 0 radical (unpaired) electrons. The zero-order valence-corrected chi connectivity index (χ0v) is 16.2. The molecule has 0 saturated carbocycles. The van der Waals surface area contributed by atoms with Crippen molar-refractivity contribution in [2.75, 3.05) is 37.6 Å². The van der Waals surface area contributed by atoms with E-state index in [4.69, 9.17) is 4.42 Å². The molecule has 1 saturated heterocycles. The number of furan rings is 1. The second kappa shape index (κ2) is 9.51. The van der Waals surface area contributed by atoms with Gasteiger partial charge in [-0.3, -0.25) is 0 Å². The molecule has 24 heavy (non-hydrogen) atoms. The van der Waals surface area contributed by atoms with Crippen molar-refractivity contribution in [1.82, 2.24) is 15.2 Å². The molecular weight excluding hydrogens is 417 g/mol. The van der Waals surface area contributed by atoms with Crippen molar-refractivity contribution >= 4 is 35.8 Å². The van der Waals surface area contributed by atoms with Gasteiger partial charge in [0.2, 0.25) is 0 Å². The van der Waals surface area contributed by atoms with Crippen LogP contribution in [-0.4, -0.2) is 48.6 Å². The minimum atomic E-state index is 0. The lowest BCUT2D eigenvalue weighted by molar-refractivity contribution is 0.370. The van der Waals surface area contributed by atoms with Crippen LogP contribution in [0.2, 0.25) is 0 Å². The van der Waals surface area contributed by atoms with Crippen molar-refractivity contribution in [2.45, 2.75) is 13.5 Å². The van der Waals surface area contributed by atoms with Gasteiger partial charge in [-0.1, -0.05) is 6.07 Å². The first-order valence-corrected chi connectivity index (χ1v) is 8.08. The van der Waals surface area contributed by atoms with E-state index >= 15 is 0 Å². The summed E-state index contributed by atoms with van der Waals surface area (Å²) in [6.07, 6.45) is 3.53. The van der Waals surface area contributed by atoms with Crippen molar-refractivity contribution in [3.63, 3.8) is 0 Å². The predicted octanol–water partition coefficient (Wildman–Crippen LogP) is 2.58. The molecule has 2 aromatic rings. The van der Waals surface area contributed by atoms with Gasteiger partial charge < -0.3 is 19.5 Å². The topological polar surface area (TPSA) is 56.9 Å². The van der Waals surface area contributed by atoms with Gasteiger partial charge in [0.15, 0.2) is 5.96 Å². The van der Waals surface area contributed by atoms with Gasteiger partial charge >= 0.3 is 0 Å². The number of piperazine rings is 1. The van der Waals surface area contributed by atoms with E-state index in [2.05, 4.69) is 38.1 Å². The first-order chi connectivity index (χ1) is 11.4. The van der Waals surface area contributed by atoms with E-state index in [9.17, 15) is 0 Å². The van der Waals surface area contributed by atoms with Gasteiger partial charge in [0.25, 0.3) is 0 Å². The molecular formula is C17H24IN5O. The summed E-state index contributed by atoms with van der Waals surface area (Å²) in [5, 5.41) is 3.37. The molecule has 0 unspecified atom stereocenters. The number of aliphatic imine (C=N–C) groups is 1. The van der Waals surface area contributed by atoms with Gasteiger partial charge in [0.1, 0.15) is 18.1 Å². The average molecular weight is 441 g/mol. The summed E-state index contributed by atoms with van der Waals surface area (Å²) in [5.74, 6) is 2.88. The standard InChI is InChI=1S/C17H23N5O.HI/c1-2-18-17(20-14-15-6-5-13-23-15)22-11-9-21(10-12-22)16-7-3-4-8-19-16;/h3-8,13H,2,9-12,14H2,1H3,(H,18,20);1H. The van der Waals surface area contributed by atoms with Crippen LogP contribution in [0, 0.1) is 0 Å². The molecule has 6 nitrogen and oxygen atoms in total. The monoisotopic (exact) mass is 441 g/mol. The molecule has 0 aliphatic carbocycles. The molecule has 3 heterocycles. The Labute approximate surface area is 160 Å². The molecule has 0 amide bonds. The summed E-state index contributed by atoms with van der Waals surface area (Å²) in [5.41, 5.74) is 0. The number of aromatic nitrogens is 1. The highest BCUT2D eigenvalue weighted by Crippen LogP contribution is 2.13. The fourth-order valence-corrected chi connectivity index (χ4v) is 2.67. The van der Waals surface area contributed by atoms with E-state index < -0.39 is 0 Å². The lowest BCUT2D eigenvalue weighted by Crippen LogP contribution is -2.52. The third-order valence-electron chi connectivity index (χ3n) is 3.85. The number of anilines is 1. The Hall–Kier alpha value is -1.77. The molecule has 1 N–H and O–H groups in total. The van der Waals surface area contributed by atoms with Crippen LogP contribution in [0.25, 0.3) is 0 Å². The van der Waals surface area contributed by atoms with Crippen LogP contribution < -0.4 is 10.2 Å². The summed E-state index contributed by atoms with van der Waals surface area (Å²) in [6, 6.07) is 9.88. The van der Waals surface area contributed by atoms with Crippen molar-refractivity contribution in [1.29, 1.82) is 0 Å². The molecule has 0 atom stereocenters. The molecule has 130 valence electrons. The van der Waals surface area contributed by atoms with Crippen LogP contribution in [0.4, 0.5) is 5.82 Å². The van der Waals surface area contributed by atoms with E-state index in [1.807, 2.05) is 30.5 Å². The summed E-state index contributed by atoms with van der Waals surface area (Å²) in [7, 11) is 0. The third kappa shape index (κ3) is 4.86. The predicted molar refractivity (Wildman–Crippen MR) is 107 cm³/mol. The van der Waals surface area contributed by atoms with Gasteiger partial charge in [-0.15, -0.1) is 24.0 Å². The zero-order valence-electron chi connectivity index (χ0n) is 13.9. The SMILES string of the molecule is CCNC(=NCc1ccco1)N1CCN(c2ccccn2)CC1.I. The summed E-state index contributed by atoms with van der Waals surface area (Å²) in [6.45, 7) is 7.27. The lowest BCUT2D eigenvalue weighted by atomic mass is 10.3. The Morgan fingerprint density at radius 3 is 2.67 bits per heavy atom. The number of hydrogen-bond donors (Lipinski definition) is 1. The van der Waals surface area contributed by atoms with Crippen LogP contribution in [0.1, 0.15) is 12.7 Å². The van der Waals surface area contributed by atoms with E-state index in [0.29, 0.717) is 6.54 Å². The average Bonchev–Trinajstić information content (AvgIpc) is 3.13. The van der Waals surface area contributed by atoms with Crippen molar-refractivity contribution in [3.05, 3.63) is 48.6 Å². The van der Waals surface area contributed by atoms with Gasteiger partial charge in [-0.2, -0.15) is 0 Å². The summed E-state index contributed by atoms with van der Waals surface area (Å²) in [4.78, 5) is 13.7. The Bertz CT molecular complexity index is 609. The summed E-state index contributed by atoms with van der Waals surface area (Å²) < 4.78 is 5.35. The maximum atomic E-state index is 5.35. The highest BCUT2D eigenvalue weighted by molar-refractivity contribution is 14.0. The second-order valence-electron chi connectivity index (χ2n) is 5.41. The van der Waals surface area contributed by atoms with Crippen molar-refractivity contribution in [2.24, 2.45) is 4.99 Å². The minimum absolute atomic E-state index is 0. The third-order valence-corrected chi connectivity index (χ3v) is 3.85. The van der Waals surface area contributed by atoms with Crippen molar-refractivity contribution < 1.29 is 4.42 Å². The fourth-order valence-electron chi connectivity index (χ4n) is 2.67. The van der Waals surface area contributed by atoms with Gasteiger partial charge in [0, 0.05) is 38.9 Å². The maximum absolute atomic E-state index is 5.35. The van der Waals surface area contributed by atoms with E-state index in [1.165, 1.54) is 0 Å². The molecule has 0 aromatic carbocycles. The molecule has 1 aliphatic heterocycles. The van der Waals surface area contributed by atoms with E-state index in [1.54, 1.807) is 6.26 Å². The normalized spacial score (nSPS) is 15.1. The number of nitrogens with zero attached hydrogens (tertiary/aromatic N) is 4. The number of nitrogens with one attached hydrogen (secondary N) is 1. The number of pyridine rings is 1. The number of guanidine groups is 1. The maximum Gasteiger partial charge on any atom is 0.194 e. The largest absolute Gasteiger partial charge is 0.467 e. The minimum Gasteiger partial charge on any atom is -0.467 e. The fraction of sp³-hybridized carbons (Fsp3) is 0.412. The molecule has 0 bridgehead atoms. The first kappa shape index (κ1) is 18.6. The molecule has 1 aliphatic rings. The Balaban J connectivity index is 0.00000208. The number of halogens is 1. The molecule has 0 spiro atoms. The lowest BCUT2D eigenvalue weighted by Gasteiger charge is -2.37. The molecule has 1 fully saturated rings. The van der Waals surface area contributed by atoms with Gasteiger partial charge in [0.05, 0.1) is 6.26 Å². The van der Waals surface area contributed by atoms with Gasteiger partial charge in [-0.05, 0) is 31.2 Å². The number of rotatable bonds is 4. The van der Waals surface area contributed by atoms with Crippen LogP contribution in [0.5, 0.6) is 0 Å². The van der Waals surface area contributed by atoms with E-state index in [-0.39, 0.29) is 24.0 Å². The Morgan fingerprint density at radius 2 is 2.04 bits per heavy atom. The van der Waals surface area contributed by atoms with Crippen LogP contribution in [0.3, 0.4) is 0 Å². The van der Waals surface area contributed by atoms with E-state index in [0.717, 1.165) is 50.3 Å². The Morgan fingerprint density at radius 1 is 1.21 bits per heavy atom. The highest BCUT2D eigenvalue weighted by atomic mass is 127. The molecule has 3 rings (SSSR count). The molecule has 2 aromatic heterocycles. The van der Waals surface area contributed by atoms with Crippen LogP contribution in [-0.2, 0) is 6.54 Å². The zero-order chi connectivity index (χ0) is 15.9. The first-order valence-electron chi connectivity index (χ1n) is 8.08. The van der Waals surface area contributed by atoms with Crippen LogP contribution in [0.15, 0.2) is 52.2 Å². The van der Waals surface area contributed by atoms with Crippen LogP contribution >= 0.6 is 24.0 Å².